The first-order chi connectivity index (χ1) is 13.6. The molecule has 28 heavy (non-hydrogen) atoms. The first-order valence-electron chi connectivity index (χ1n) is 8.75. The molecule has 1 fully saturated rings. The highest BCUT2D eigenvalue weighted by Crippen LogP contribution is 2.67. The van der Waals surface area contributed by atoms with Gasteiger partial charge in [-0.3, -0.25) is 4.79 Å². The zero-order valence-corrected chi connectivity index (χ0v) is 16.1. The Morgan fingerprint density at radius 3 is 2.61 bits per heavy atom. The van der Waals surface area contributed by atoms with Crippen molar-refractivity contribution in [3.63, 3.8) is 0 Å². The van der Waals surface area contributed by atoms with Crippen molar-refractivity contribution >= 4 is 38.9 Å². The standard InChI is InChI=1S/C22H13ClN2O2S/c23-14-9-7-13(8-10-14)18-19(20(26)16-5-3-11-27-16)22(18,12-24)21-25-15-4-1-2-6-17(15)28-21/h1-11,18-19H/t18-,19+,22+/m1/s1. The molecule has 6 heteroatoms. The number of halogens is 1. The Hall–Kier alpha value is -2.94. The number of hydrogen-bond donors (Lipinski definition) is 0. The Morgan fingerprint density at radius 1 is 1.14 bits per heavy atom. The summed E-state index contributed by atoms with van der Waals surface area (Å²) >= 11 is 7.50. The molecule has 136 valence electrons. The normalized spacial score (nSPS) is 23.4. The number of rotatable bonds is 4. The number of hydrogen-bond acceptors (Lipinski definition) is 5. The molecule has 0 bridgehead atoms. The number of ketones is 1. The summed E-state index contributed by atoms with van der Waals surface area (Å²) in [5.74, 6) is -0.758. The number of carbonyl (C=O) groups is 1. The fourth-order valence-corrected chi connectivity index (χ4v) is 5.26. The van der Waals surface area contributed by atoms with Crippen molar-refractivity contribution in [1.82, 2.24) is 4.98 Å². The lowest BCUT2D eigenvalue weighted by molar-refractivity contribution is 0.0932. The van der Waals surface area contributed by atoms with Crippen LogP contribution in [0.1, 0.15) is 27.0 Å². The molecule has 0 unspecified atom stereocenters. The topological polar surface area (TPSA) is 66.9 Å². The number of Topliss-reactive ketones (excluding diaryl/α,β-unsaturated/α-hetero) is 1. The van der Waals surface area contributed by atoms with Crippen LogP contribution < -0.4 is 0 Å². The minimum absolute atomic E-state index is 0.175. The molecule has 0 aliphatic heterocycles. The molecule has 2 aromatic carbocycles. The number of thiazole rings is 1. The zero-order valence-electron chi connectivity index (χ0n) is 14.5. The van der Waals surface area contributed by atoms with Crippen LogP contribution in [0.15, 0.2) is 71.3 Å². The molecule has 0 N–H and O–H groups in total. The summed E-state index contributed by atoms with van der Waals surface area (Å²) in [6, 6.07) is 20.8. The fourth-order valence-electron chi connectivity index (χ4n) is 3.95. The van der Waals surface area contributed by atoms with Crippen molar-refractivity contribution in [3.05, 3.63) is 88.3 Å². The van der Waals surface area contributed by atoms with E-state index in [1.807, 2.05) is 36.4 Å². The van der Waals surface area contributed by atoms with Crippen molar-refractivity contribution in [3.8, 4) is 6.07 Å². The van der Waals surface area contributed by atoms with Crippen LogP contribution in [0.4, 0.5) is 0 Å². The number of carbonyl (C=O) groups excluding carboxylic acids is 1. The average molecular weight is 405 g/mol. The van der Waals surface area contributed by atoms with Gasteiger partial charge in [0, 0.05) is 10.9 Å². The van der Waals surface area contributed by atoms with Crippen LogP contribution in [0.3, 0.4) is 0 Å². The maximum Gasteiger partial charge on any atom is 0.203 e. The quantitative estimate of drug-likeness (QED) is 0.415. The van der Waals surface area contributed by atoms with Gasteiger partial charge in [0.1, 0.15) is 10.4 Å². The van der Waals surface area contributed by atoms with Crippen molar-refractivity contribution in [2.24, 2.45) is 5.92 Å². The number of fused-ring (bicyclic) bond motifs is 1. The van der Waals surface area contributed by atoms with E-state index in [1.54, 1.807) is 24.3 Å². The number of nitrogens with zero attached hydrogens (tertiary/aromatic N) is 2. The summed E-state index contributed by atoms with van der Waals surface area (Å²) in [5, 5.41) is 11.5. The van der Waals surface area contributed by atoms with E-state index in [4.69, 9.17) is 21.0 Å². The lowest BCUT2D eigenvalue weighted by Gasteiger charge is -2.05. The van der Waals surface area contributed by atoms with E-state index in [1.165, 1.54) is 17.6 Å². The van der Waals surface area contributed by atoms with E-state index in [2.05, 4.69) is 6.07 Å². The van der Waals surface area contributed by atoms with Gasteiger partial charge in [0.2, 0.25) is 5.78 Å². The predicted octanol–water partition coefficient (Wildman–Crippen LogP) is 5.60. The van der Waals surface area contributed by atoms with Gasteiger partial charge in [-0.15, -0.1) is 11.3 Å². The van der Waals surface area contributed by atoms with Gasteiger partial charge in [0.05, 0.1) is 28.5 Å². The second kappa shape index (κ2) is 6.30. The molecular formula is C22H13ClN2O2S. The van der Waals surface area contributed by atoms with Crippen molar-refractivity contribution in [2.45, 2.75) is 11.3 Å². The molecule has 1 saturated carbocycles. The number of nitriles is 1. The molecule has 1 aliphatic carbocycles. The predicted molar refractivity (Wildman–Crippen MR) is 108 cm³/mol. The molecule has 5 rings (SSSR count). The Balaban J connectivity index is 1.67. The van der Waals surface area contributed by atoms with E-state index >= 15 is 0 Å². The number of furan rings is 1. The van der Waals surface area contributed by atoms with E-state index in [0.717, 1.165) is 15.8 Å². The summed E-state index contributed by atoms with van der Waals surface area (Å²) in [7, 11) is 0. The van der Waals surface area contributed by atoms with Gasteiger partial charge in [-0.2, -0.15) is 5.26 Å². The van der Waals surface area contributed by atoms with Crippen LogP contribution in [0, 0.1) is 17.2 Å². The van der Waals surface area contributed by atoms with Crippen LogP contribution in [-0.4, -0.2) is 10.8 Å². The summed E-state index contributed by atoms with van der Waals surface area (Å²) in [6.07, 6.45) is 1.47. The number of aromatic nitrogens is 1. The molecule has 4 aromatic rings. The minimum Gasteiger partial charge on any atom is -0.461 e. The highest BCUT2D eigenvalue weighted by molar-refractivity contribution is 7.18. The maximum absolute atomic E-state index is 13.2. The van der Waals surface area contributed by atoms with Gasteiger partial charge in [0.15, 0.2) is 5.76 Å². The minimum atomic E-state index is -1.01. The molecular weight excluding hydrogens is 392 g/mol. The highest BCUT2D eigenvalue weighted by Gasteiger charge is 2.72. The van der Waals surface area contributed by atoms with E-state index < -0.39 is 11.3 Å². The zero-order chi connectivity index (χ0) is 19.3. The molecule has 4 nitrogen and oxygen atoms in total. The Bertz CT molecular complexity index is 1190. The summed E-state index contributed by atoms with van der Waals surface area (Å²) in [4.78, 5) is 17.9. The summed E-state index contributed by atoms with van der Waals surface area (Å²) < 4.78 is 6.33. The molecule has 2 heterocycles. The van der Waals surface area contributed by atoms with Crippen LogP contribution in [-0.2, 0) is 5.41 Å². The van der Waals surface area contributed by atoms with Gasteiger partial charge >= 0.3 is 0 Å². The van der Waals surface area contributed by atoms with Gasteiger partial charge in [-0.1, -0.05) is 35.9 Å². The molecule has 0 amide bonds. The Kier molecular flexibility index (Phi) is 3.87. The lowest BCUT2D eigenvalue weighted by atomic mass is 10.0. The Labute approximate surface area is 170 Å². The second-order valence-electron chi connectivity index (χ2n) is 6.82. The smallest absolute Gasteiger partial charge is 0.203 e. The number of benzene rings is 2. The van der Waals surface area contributed by atoms with E-state index in [-0.39, 0.29) is 17.5 Å². The van der Waals surface area contributed by atoms with Gasteiger partial charge in [-0.05, 0) is 42.0 Å². The molecule has 0 saturated heterocycles. The monoisotopic (exact) mass is 404 g/mol. The molecule has 1 aliphatic rings. The van der Waals surface area contributed by atoms with Crippen LogP contribution in [0.5, 0.6) is 0 Å². The van der Waals surface area contributed by atoms with Gasteiger partial charge in [-0.25, -0.2) is 4.98 Å². The summed E-state index contributed by atoms with van der Waals surface area (Å²) in [5.41, 5.74) is 0.722. The van der Waals surface area contributed by atoms with Crippen LogP contribution >= 0.6 is 22.9 Å². The van der Waals surface area contributed by atoms with Gasteiger partial charge < -0.3 is 4.42 Å². The van der Waals surface area contributed by atoms with Crippen molar-refractivity contribution in [1.29, 1.82) is 5.26 Å². The second-order valence-corrected chi connectivity index (χ2v) is 8.28. The Morgan fingerprint density at radius 2 is 1.93 bits per heavy atom. The van der Waals surface area contributed by atoms with Crippen LogP contribution in [0.2, 0.25) is 5.02 Å². The average Bonchev–Trinajstić information content (AvgIpc) is 3.08. The molecule has 3 atom stereocenters. The maximum atomic E-state index is 13.2. The van der Waals surface area contributed by atoms with Crippen molar-refractivity contribution in [2.75, 3.05) is 0 Å². The first-order valence-corrected chi connectivity index (χ1v) is 9.95. The third kappa shape index (κ3) is 2.42. The molecule has 0 spiro atoms. The van der Waals surface area contributed by atoms with E-state index in [0.29, 0.717) is 10.0 Å². The number of para-hydroxylation sites is 1. The summed E-state index contributed by atoms with van der Waals surface area (Å²) in [6.45, 7) is 0. The largest absolute Gasteiger partial charge is 0.461 e. The highest BCUT2D eigenvalue weighted by atomic mass is 35.5. The third-order valence-corrected chi connectivity index (χ3v) is 6.75. The fraction of sp³-hybridized carbons (Fsp3) is 0.136. The SMILES string of the molecule is N#C[C@@]1(c2nc3ccccc3s2)[C@H](C(=O)c2ccco2)[C@H]1c1ccc(Cl)cc1. The van der Waals surface area contributed by atoms with Crippen LogP contribution in [0.25, 0.3) is 10.2 Å². The third-order valence-electron chi connectivity index (χ3n) is 5.31. The molecule has 2 aromatic heterocycles. The first kappa shape index (κ1) is 17.2. The van der Waals surface area contributed by atoms with E-state index in [9.17, 15) is 10.1 Å². The van der Waals surface area contributed by atoms with Crippen molar-refractivity contribution < 1.29 is 9.21 Å². The molecule has 0 radical (unpaired) electrons. The van der Waals surface area contributed by atoms with Gasteiger partial charge in [0.25, 0.3) is 0 Å². The lowest BCUT2D eigenvalue weighted by Crippen LogP contribution is -2.13.